The van der Waals surface area contributed by atoms with E-state index in [4.69, 9.17) is 0 Å². The molecular formula is C19H25N3O2. The molecule has 1 aliphatic heterocycles. The largest absolute Gasteiger partial charge is 0.336 e. The zero-order chi connectivity index (χ0) is 16.5. The molecule has 0 aromatic carbocycles. The number of imidazole rings is 1. The van der Waals surface area contributed by atoms with Crippen molar-refractivity contribution in [2.45, 2.75) is 50.5 Å². The minimum atomic E-state index is -0.515. The predicted octanol–water partition coefficient (Wildman–Crippen LogP) is 2.42. The third kappa shape index (κ3) is 1.96. The van der Waals surface area contributed by atoms with Crippen LogP contribution in [0.3, 0.4) is 0 Å². The molecule has 4 aliphatic carbocycles. The molecule has 4 saturated carbocycles. The van der Waals surface area contributed by atoms with Crippen molar-refractivity contribution in [2.24, 2.45) is 30.7 Å². The second-order valence-electron chi connectivity index (χ2n) is 8.70. The van der Waals surface area contributed by atoms with Gasteiger partial charge in [-0.15, -0.1) is 0 Å². The molecule has 0 N–H and O–H groups in total. The minimum Gasteiger partial charge on any atom is -0.336 e. The second kappa shape index (κ2) is 4.93. The second-order valence-corrected chi connectivity index (χ2v) is 8.70. The molecule has 2 heterocycles. The van der Waals surface area contributed by atoms with Gasteiger partial charge in [-0.05, 0) is 62.7 Å². The number of amides is 1. The number of likely N-dealkylation sites (tertiary alicyclic amines) is 1. The molecule has 5 fully saturated rings. The summed E-state index contributed by atoms with van der Waals surface area (Å²) in [6.07, 6.45) is 11.7. The van der Waals surface area contributed by atoms with Gasteiger partial charge in [-0.2, -0.15) is 0 Å². The van der Waals surface area contributed by atoms with E-state index >= 15 is 0 Å². The normalized spacial score (nSPS) is 40.5. The number of aromatic nitrogens is 2. The zero-order valence-corrected chi connectivity index (χ0v) is 14.3. The van der Waals surface area contributed by atoms with Gasteiger partial charge >= 0.3 is 0 Å². The summed E-state index contributed by atoms with van der Waals surface area (Å²) in [6, 6.07) is 0. The van der Waals surface area contributed by atoms with Crippen LogP contribution in [0.1, 0.15) is 55.6 Å². The maximum atomic E-state index is 13.1. The molecule has 1 unspecified atom stereocenters. The lowest BCUT2D eigenvalue weighted by atomic mass is 9.52. The molecule has 6 rings (SSSR count). The topological polar surface area (TPSA) is 55.2 Å². The van der Waals surface area contributed by atoms with Gasteiger partial charge in [0.2, 0.25) is 11.7 Å². The van der Waals surface area contributed by atoms with Crippen molar-refractivity contribution in [2.75, 3.05) is 6.54 Å². The molecule has 4 bridgehead atoms. The van der Waals surface area contributed by atoms with Gasteiger partial charge in [0.25, 0.3) is 0 Å². The molecule has 1 atom stereocenters. The fourth-order valence-electron chi connectivity index (χ4n) is 6.55. The lowest BCUT2D eigenvalue weighted by Gasteiger charge is -2.59. The van der Waals surface area contributed by atoms with Crippen LogP contribution < -0.4 is 0 Å². The van der Waals surface area contributed by atoms with E-state index in [2.05, 4.69) is 9.88 Å². The zero-order valence-electron chi connectivity index (χ0n) is 14.3. The van der Waals surface area contributed by atoms with Crippen LogP contribution in [0, 0.1) is 23.7 Å². The van der Waals surface area contributed by atoms with E-state index in [1.807, 2.05) is 7.05 Å². The monoisotopic (exact) mass is 327 g/mol. The van der Waals surface area contributed by atoms with Crippen molar-refractivity contribution in [3.63, 3.8) is 0 Å². The number of carbonyl (C=O) groups excluding carboxylic acids is 2. The number of hydrogen-bond acceptors (Lipinski definition) is 3. The first-order chi connectivity index (χ1) is 11.6. The molecular weight excluding hydrogens is 302 g/mol. The SMILES string of the molecule is Cn1ccnc1C(=O)C1CCN(C23CC4CC(CC(C4)C2)C3)C1=O. The van der Waals surface area contributed by atoms with Crippen molar-refractivity contribution < 1.29 is 9.59 Å². The Balaban J connectivity index is 1.40. The molecule has 1 aromatic heterocycles. The summed E-state index contributed by atoms with van der Waals surface area (Å²) in [5.41, 5.74) is 0.0719. The summed E-state index contributed by atoms with van der Waals surface area (Å²) in [6.45, 7) is 0.756. The Morgan fingerprint density at radius 1 is 1.17 bits per heavy atom. The number of hydrogen-bond donors (Lipinski definition) is 0. The first-order valence-corrected chi connectivity index (χ1v) is 9.39. The Morgan fingerprint density at radius 3 is 2.33 bits per heavy atom. The van der Waals surface area contributed by atoms with Gasteiger partial charge in [-0.3, -0.25) is 9.59 Å². The number of ketones is 1. The summed E-state index contributed by atoms with van der Waals surface area (Å²) < 4.78 is 1.73. The van der Waals surface area contributed by atoms with E-state index in [0.717, 1.165) is 24.3 Å². The van der Waals surface area contributed by atoms with Crippen LogP contribution in [-0.4, -0.2) is 38.2 Å². The molecule has 1 amide bonds. The first-order valence-electron chi connectivity index (χ1n) is 9.39. The van der Waals surface area contributed by atoms with Crippen LogP contribution in [0.2, 0.25) is 0 Å². The third-order valence-corrected chi connectivity index (χ3v) is 7.14. The molecule has 0 spiro atoms. The molecule has 1 aromatic rings. The van der Waals surface area contributed by atoms with E-state index in [0.29, 0.717) is 12.2 Å². The summed E-state index contributed by atoms with van der Waals surface area (Å²) >= 11 is 0. The van der Waals surface area contributed by atoms with Crippen LogP contribution in [0.25, 0.3) is 0 Å². The third-order valence-electron chi connectivity index (χ3n) is 7.14. The van der Waals surface area contributed by atoms with Crippen LogP contribution in [0.4, 0.5) is 0 Å². The number of carbonyl (C=O) groups is 2. The van der Waals surface area contributed by atoms with Gasteiger partial charge in [-0.25, -0.2) is 4.98 Å². The quantitative estimate of drug-likeness (QED) is 0.633. The van der Waals surface area contributed by atoms with E-state index < -0.39 is 5.92 Å². The number of aryl methyl sites for hydroxylation is 1. The van der Waals surface area contributed by atoms with Crippen molar-refractivity contribution in [1.82, 2.24) is 14.5 Å². The van der Waals surface area contributed by atoms with Gasteiger partial charge in [0.1, 0.15) is 5.92 Å². The van der Waals surface area contributed by atoms with Crippen molar-refractivity contribution in [1.29, 1.82) is 0 Å². The molecule has 0 radical (unpaired) electrons. The summed E-state index contributed by atoms with van der Waals surface area (Å²) in [5.74, 6) is 2.32. The average molecular weight is 327 g/mol. The maximum absolute atomic E-state index is 13.1. The highest BCUT2D eigenvalue weighted by atomic mass is 16.2. The Morgan fingerprint density at radius 2 is 1.79 bits per heavy atom. The van der Waals surface area contributed by atoms with E-state index in [1.54, 1.807) is 17.0 Å². The Hall–Kier alpha value is -1.65. The van der Waals surface area contributed by atoms with Gasteiger partial charge < -0.3 is 9.47 Å². The van der Waals surface area contributed by atoms with Gasteiger partial charge in [0, 0.05) is 31.5 Å². The number of rotatable bonds is 3. The Bertz CT molecular complexity index is 672. The molecule has 24 heavy (non-hydrogen) atoms. The summed E-state index contributed by atoms with van der Waals surface area (Å²) in [5, 5.41) is 0. The van der Waals surface area contributed by atoms with Gasteiger partial charge in [0.05, 0.1) is 0 Å². The smallest absolute Gasteiger partial charge is 0.234 e. The molecule has 5 heteroatoms. The summed E-state index contributed by atoms with van der Waals surface area (Å²) in [7, 11) is 1.82. The van der Waals surface area contributed by atoms with E-state index in [1.165, 1.54) is 38.5 Å². The Kier molecular flexibility index (Phi) is 3.01. The standard InChI is InChI=1S/C19H25N3O2/c1-21-5-3-20-17(21)16(23)15-2-4-22(18(15)24)19-9-12-6-13(10-19)8-14(7-12)11-19/h3,5,12-15H,2,4,6-11H2,1H3. The fraction of sp³-hybridized carbons (Fsp3) is 0.737. The van der Waals surface area contributed by atoms with Crippen LogP contribution in [-0.2, 0) is 11.8 Å². The molecule has 5 aliphatic rings. The highest BCUT2D eigenvalue weighted by molar-refractivity contribution is 6.09. The van der Waals surface area contributed by atoms with E-state index in [-0.39, 0.29) is 17.2 Å². The lowest BCUT2D eigenvalue weighted by molar-refractivity contribution is -0.146. The highest BCUT2D eigenvalue weighted by Gasteiger charge is 2.57. The summed E-state index contributed by atoms with van der Waals surface area (Å²) in [4.78, 5) is 32.2. The predicted molar refractivity (Wildman–Crippen MR) is 88.3 cm³/mol. The maximum Gasteiger partial charge on any atom is 0.234 e. The van der Waals surface area contributed by atoms with Crippen LogP contribution in [0.5, 0.6) is 0 Å². The molecule has 128 valence electrons. The molecule has 1 saturated heterocycles. The van der Waals surface area contributed by atoms with Gasteiger partial charge in [0.15, 0.2) is 5.82 Å². The Labute approximate surface area is 142 Å². The number of nitrogens with zero attached hydrogens (tertiary/aromatic N) is 3. The average Bonchev–Trinajstić information content (AvgIpc) is 3.11. The van der Waals surface area contributed by atoms with E-state index in [9.17, 15) is 9.59 Å². The van der Waals surface area contributed by atoms with Gasteiger partial charge in [-0.1, -0.05) is 0 Å². The first kappa shape index (κ1) is 14.7. The lowest BCUT2D eigenvalue weighted by Crippen LogP contribution is -2.60. The van der Waals surface area contributed by atoms with Crippen molar-refractivity contribution in [3.8, 4) is 0 Å². The highest BCUT2D eigenvalue weighted by Crippen LogP contribution is 2.58. The minimum absolute atomic E-state index is 0.0719. The van der Waals surface area contributed by atoms with Crippen molar-refractivity contribution >= 4 is 11.7 Å². The van der Waals surface area contributed by atoms with Crippen LogP contribution >= 0.6 is 0 Å². The fourth-order valence-corrected chi connectivity index (χ4v) is 6.55. The number of Topliss-reactive ketones (excluding diaryl/α,β-unsaturated/α-hetero) is 1. The van der Waals surface area contributed by atoms with Crippen LogP contribution in [0.15, 0.2) is 12.4 Å². The van der Waals surface area contributed by atoms with Crippen molar-refractivity contribution in [3.05, 3.63) is 18.2 Å². The molecule has 5 nitrogen and oxygen atoms in total.